The highest BCUT2D eigenvalue weighted by atomic mass is 16.7. The molecule has 2 fully saturated rings. The Morgan fingerprint density at radius 2 is 2.08 bits per heavy atom. The molecule has 1 saturated carbocycles. The van der Waals surface area contributed by atoms with Gasteiger partial charge in [-0.2, -0.15) is 0 Å². The average molecular weight is 329 g/mol. The van der Waals surface area contributed by atoms with Gasteiger partial charge in [0.15, 0.2) is 0 Å². The quantitative estimate of drug-likeness (QED) is 0.766. The molecule has 1 saturated heterocycles. The molecular weight excluding hydrogens is 302 g/mol. The zero-order chi connectivity index (χ0) is 16.5. The highest BCUT2D eigenvalue weighted by Crippen LogP contribution is 2.47. The SMILES string of the molecule is CCOC(=O)OC1CC2c3ccccc3CCN2C2CCCCC12. The molecule has 0 amide bonds. The van der Waals surface area contributed by atoms with Crippen LogP contribution in [0.2, 0.25) is 0 Å². The lowest BCUT2D eigenvalue weighted by molar-refractivity contribution is -0.0897. The van der Waals surface area contributed by atoms with Crippen LogP contribution in [0.5, 0.6) is 0 Å². The van der Waals surface area contributed by atoms with Gasteiger partial charge in [-0.25, -0.2) is 4.79 Å². The maximum Gasteiger partial charge on any atom is 0.508 e. The normalized spacial score (nSPS) is 32.2. The smallest absolute Gasteiger partial charge is 0.435 e. The third kappa shape index (κ3) is 2.81. The highest BCUT2D eigenvalue weighted by molar-refractivity contribution is 5.60. The first kappa shape index (κ1) is 15.9. The summed E-state index contributed by atoms with van der Waals surface area (Å²) in [7, 11) is 0. The van der Waals surface area contributed by atoms with Crippen LogP contribution in [0, 0.1) is 5.92 Å². The minimum atomic E-state index is -0.496. The Kier molecular flexibility index (Phi) is 4.49. The summed E-state index contributed by atoms with van der Waals surface area (Å²) in [6, 6.07) is 9.71. The lowest BCUT2D eigenvalue weighted by Crippen LogP contribution is -2.56. The lowest BCUT2D eigenvalue weighted by atomic mass is 9.71. The second-order valence-corrected chi connectivity index (χ2v) is 7.29. The number of ether oxygens (including phenoxy) is 2. The third-order valence-corrected chi connectivity index (χ3v) is 6.10. The molecule has 4 nitrogen and oxygen atoms in total. The van der Waals surface area contributed by atoms with Gasteiger partial charge < -0.3 is 9.47 Å². The van der Waals surface area contributed by atoms with Crippen LogP contribution >= 0.6 is 0 Å². The molecule has 4 heteroatoms. The summed E-state index contributed by atoms with van der Waals surface area (Å²) in [5, 5.41) is 0. The second-order valence-electron chi connectivity index (χ2n) is 7.29. The molecule has 0 spiro atoms. The molecule has 4 atom stereocenters. The molecule has 24 heavy (non-hydrogen) atoms. The van der Waals surface area contributed by atoms with Gasteiger partial charge in [0, 0.05) is 31.0 Å². The predicted octanol–water partition coefficient (Wildman–Crippen LogP) is 4.09. The maximum absolute atomic E-state index is 11.9. The average Bonchev–Trinajstić information content (AvgIpc) is 2.62. The molecule has 3 aliphatic rings. The lowest BCUT2D eigenvalue weighted by Gasteiger charge is -2.53. The van der Waals surface area contributed by atoms with E-state index in [-0.39, 0.29) is 6.10 Å². The number of hydrogen-bond acceptors (Lipinski definition) is 4. The van der Waals surface area contributed by atoms with E-state index >= 15 is 0 Å². The zero-order valence-corrected chi connectivity index (χ0v) is 14.4. The van der Waals surface area contributed by atoms with Crippen molar-refractivity contribution in [3.63, 3.8) is 0 Å². The van der Waals surface area contributed by atoms with Gasteiger partial charge in [0.1, 0.15) is 6.10 Å². The third-order valence-electron chi connectivity index (χ3n) is 6.10. The molecule has 1 aromatic rings. The zero-order valence-electron chi connectivity index (χ0n) is 14.4. The minimum absolute atomic E-state index is 0.0123. The van der Waals surface area contributed by atoms with Crippen molar-refractivity contribution in [2.45, 2.75) is 63.6 Å². The van der Waals surface area contributed by atoms with E-state index in [2.05, 4.69) is 29.2 Å². The number of benzene rings is 1. The largest absolute Gasteiger partial charge is 0.508 e. The van der Waals surface area contributed by atoms with Gasteiger partial charge >= 0.3 is 6.16 Å². The summed E-state index contributed by atoms with van der Waals surface area (Å²) in [4.78, 5) is 14.6. The van der Waals surface area contributed by atoms with Crippen LogP contribution in [-0.2, 0) is 15.9 Å². The van der Waals surface area contributed by atoms with Gasteiger partial charge in [0.25, 0.3) is 0 Å². The van der Waals surface area contributed by atoms with E-state index in [0.717, 1.165) is 19.4 Å². The van der Waals surface area contributed by atoms with E-state index in [0.29, 0.717) is 24.6 Å². The van der Waals surface area contributed by atoms with Gasteiger partial charge in [-0.3, -0.25) is 4.90 Å². The fourth-order valence-corrected chi connectivity index (χ4v) is 5.12. The number of hydrogen-bond donors (Lipinski definition) is 0. The number of piperidine rings is 1. The van der Waals surface area contributed by atoms with Crippen LogP contribution in [0.4, 0.5) is 4.79 Å². The van der Waals surface area contributed by atoms with E-state index in [1.165, 1.54) is 36.8 Å². The number of carbonyl (C=O) groups is 1. The molecule has 0 bridgehead atoms. The summed E-state index contributed by atoms with van der Waals surface area (Å²) in [6.45, 7) is 3.33. The number of fused-ring (bicyclic) bond motifs is 5. The Morgan fingerprint density at radius 1 is 1.25 bits per heavy atom. The highest BCUT2D eigenvalue weighted by Gasteiger charge is 2.47. The number of carbonyl (C=O) groups excluding carboxylic acids is 1. The molecule has 130 valence electrons. The first-order valence-corrected chi connectivity index (χ1v) is 9.45. The second kappa shape index (κ2) is 6.75. The van der Waals surface area contributed by atoms with E-state index in [1.807, 2.05) is 6.92 Å². The number of nitrogens with zero attached hydrogens (tertiary/aromatic N) is 1. The first-order valence-electron chi connectivity index (χ1n) is 9.45. The van der Waals surface area contributed by atoms with Crippen molar-refractivity contribution in [2.75, 3.05) is 13.2 Å². The maximum atomic E-state index is 11.9. The van der Waals surface area contributed by atoms with Crippen molar-refractivity contribution < 1.29 is 14.3 Å². The van der Waals surface area contributed by atoms with Crippen molar-refractivity contribution in [2.24, 2.45) is 5.92 Å². The van der Waals surface area contributed by atoms with E-state index < -0.39 is 6.16 Å². The summed E-state index contributed by atoms with van der Waals surface area (Å²) in [5.74, 6) is 0.463. The van der Waals surface area contributed by atoms with Crippen LogP contribution in [0.1, 0.15) is 56.2 Å². The van der Waals surface area contributed by atoms with Gasteiger partial charge in [0.05, 0.1) is 6.61 Å². The Balaban J connectivity index is 1.62. The Morgan fingerprint density at radius 3 is 2.96 bits per heavy atom. The summed E-state index contributed by atoms with van der Waals surface area (Å²) >= 11 is 0. The Bertz CT molecular complexity index is 602. The molecule has 2 heterocycles. The Labute approximate surface area is 144 Å². The molecule has 4 rings (SSSR count). The van der Waals surface area contributed by atoms with E-state index in [1.54, 1.807) is 0 Å². The number of rotatable bonds is 2. The Hall–Kier alpha value is -1.55. The summed E-state index contributed by atoms with van der Waals surface area (Å²) in [6.07, 6.45) is 6.46. The fourth-order valence-electron chi connectivity index (χ4n) is 5.12. The van der Waals surface area contributed by atoms with Crippen molar-refractivity contribution in [1.82, 2.24) is 4.90 Å². The minimum Gasteiger partial charge on any atom is -0.435 e. The van der Waals surface area contributed by atoms with Crippen molar-refractivity contribution in [3.05, 3.63) is 35.4 Å². The van der Waals surface area contributed by atoms with Crippen LogP contribution in [0.3, 0.4) is 0 Å². The summed E-state index contributed by atoms with van der Waals surface area (Å²) < 4.78 is 10.8. The van der Waals surface area contributed by atoms with Crippen LogP contribution in [-0.4, -0.2) is 36.4 Å². The van der Waals surface area contributed by atoms with E-state index in [4.69, 9.17) is 9.47 Å². The molecule has 0 aromatic heterocycles. The molecule has 1 aromatic carbocycles. The van der Waals surface area contributed by atoms with Gasteiger partial charge in [0.2, 0.25) is 0 Å². The van der Waals surface area contributed by atoms with Gasteiger partial charge in [-0.1, -0.05) is 37.1 Å². The molecule has 1 aliphatic carbocycles. The summed E-state index contributed by atoms with van der Waals surface area (Å²) in [5.41, 5.74) is 2.90. The fraction of sp³-hybridized carbons (Fsp3) is 0.650. The van der Waals surface area contributed by atoms with Crippen molar-refractivity contribution in [1.29, 1.82) is 0 Å². The standard InChI is InChI=1S/C20H27NO3/c1-2-23-20(22)24-19-13-18-15-8-4-3-7-14(15)11-12-21(18)17-10-6-5-9-16(17)19/h3-4,7-8,16-19H,2,5-6,9-13H2,1H3. The molecule has 4 unspecified atom stereocenters. The van der Waals surface area contributed by atoms with Crippen LogP contribution < -0.4 is 0 Å². The molecule has 0 N–H and O–H groups in total. The van der Waals surface area contributed by atoms with Gasteiger partial charge in [-0.15, -0.1) is 0 Å². The van der Waals surface area contributed by atoms with Crippen molar-refractivity contribution in [3.8, 4) is 0 Å². The van der Waals surface area contributed by atoms with Crippen LogP contribution in [0.15, 0.2) is 24.3 Å². The van der Waals surface area contributed by atoms with Crippen molar-refractivity contribution >= 4 is 6.16 Å². The molecule has 0 radical (unpaired) electrons. The molecular formula is C20H27NO3. The topological polar surface area (TPSA) is 38.8 Å². The van der Waals surface area contributed by atoms with Crippen LogP contribution in [0.25, 0.3) is 0 Å². The first-order chi connectivity index (χ1) is 11.8. The van der Waals surface area contributed by atoms with E-state index in [9.17, 15) is 4.79 Å². The predicted molar refractivity (Wildman–Crippen MR) is 91.9 cm³/mol. The van der Waals surface area contributed by atoms with Gasteiger partial charge in [-0.05, 0) is 37.3 Å². The monoisotopic (exact) mass is 329 g/mol. The molecule has 2 aliphatic heterocycles.